The molecule has 1 aromatic carbocycles. The first kappa shape index (κ1) is 20.0. The second kappa shape index (κ2) is 7.48. The van der Waals surface area contributed by atoms with Gasteiger partial charge in [0.25, 0.3) is 5.91 Å². The minimum atomic E-state index is -4.09. The molecule has 0 saturated carbocycles. The SMILES string of the molecule is Cc1ncoc1C(=O)N1CCOC2(C1)CN(S(=O)(=O)c1ccccc1F)CCO2. The number of halogens is 1. The van der Waals surface area contributed by atoms with E-state index >= 15 is 0 Å². The number of benzene rings is 1. The Morgan fingerprint density at radius 1 is 1.17 bits per heavy atom. The van der Waals surface area contributed by atoms with Crippen molar-refractivity contribution in [3.05, 3.63) is 47.9 Å². The lowest BCUT2D eigenvalue weighted by atomic mass is 10.1. The van der Waals surface area contributed by atoms with E-state index in [1.165, 1.54) is 29.5 Å². The van der Waals surface area contributed by atoms with E-state index in [0.717, 1.165) is 10.4 Å². The van der Waals surface area contributed by atoms with Crippen LogP contribution in [0.1, 0.15) is 16.2 Å². The van der Waals surface area contributed by atoms with Gasteiger partial charge >= 0.3 is 0 Å². The summed E-state index contributed by atoms with van der Waals surface area (Å²) in [5.41, 5.74) is 0.462. The van der Waals surface area contributed by atoms with E-state index < -0.39 is 26.5 Å². The van der Waals surface area contributed by atoms with Gasteiger partial charge in [-0.1, -0.05) is 12.1 Å². The number of nitrogens with zero attached hydrogens (tertiary/aromatic N) is 3. The van der Waals surface area contributed by atoms with Gasteiger partial charge in [0, 0.05) is 13.1 Å². The zero-order chi connectivity index (χ0) is 20.6. The van der Waals surface area contributed by atoms with Crippen LogP contribution in [-0.4, -0.2) is 73.7 Å². The Hall–Kier alpha value is -2.34. The molecule has 0 aliphatic carbocycles. The third-order valence-electron chi connectivity index (χ3n) is 4.96. The molecule has 3 heterocycles. The van der Waals surface area contributed by atoms with Crippen molar-refractivity contribution in [2.45, 2.75) is 17.6 Å². The number of morpholine rings is 2. The molecular weight excluding hydrogens is 405 g/mol. The van der Waals surface area contributed by atoms with Crippen LogP contribution in [0.2, 0.25) is 0 Å². The molecule has 2 aromatic rings. The summed E-state index contributed by atoms with van der Waals surface area (Å²) in [7, 11) is -4.09. The van der Waals surface area contributed by atoms with Crippen molar-refractivity contribution >= 4 is 15.9 Å². The maximum absolute atomic E-state index is 14.1. The minimum Gasteiger partial charge on any atom is -0.438 e. The smallest absolute Gasteiger partial charge is 0.291 e. The summed E-state index contributed by atoms with van der Waals surface area (Å²) in [5, 5.41) is 0. The first-order chi connectivity index (χ1) is 13.8. The van der Waals surface area contributed by atoms with Gasteiger partial charge < -0.3 is 18.8 Å². The van der Waals surface area contributed by atoms with Gasteiger partial charge in [-0.3, -0.25) is 4.79 Å². The number of rotatable bonds is 3. The fourth-order valence-electron chi connectivity index (χ4n) is 3.49. The molecule has 0 bridgehead atoms. The normalized spacial score (nSPS) is 23.4. The van der Waals surface area contributed by atoms with Crippen molar-refractivity contribution in [1.82, 2.24) is 14.2 Å². The maximum Gasteiger partial charge on any atom is 0.291 e. The zero-order valence-electron chi connectivity index (χ0n) is 15.7. The van der Waals surface area contributed by atoms with Gasteiger partial charge in [-0.2, -0.15) is 4.31 Å². The van der Waals surface area contributed by atoms with Crippen LogP contribution >= 0.6 is 0 Å². The molecule has 9 nitrogen and oxygen atoms in total. The number of hydrogen-bond acceptors (Lipinski definition) is 7. The number of ether oxygens (including phenoxy) is 2. The second-order valence-electron chi connectivity index (χ2n) is 6.87. The number of carbonyl (C=O) groups excluding carboxylic acids is 1. The Balaban J connectivity index is 1.56. The van der Waals surface area contributed by atoms with Crippen molar-refractivity contribution in [3.8, 4) is 0 Å². The molecular formula is C18H20FN3O6S. The third-order valence-corrected chi connectivity index (χ3v) is 6.84. The van der Waals surface area contributed by atoms with Crippen LogP contribution in [0.25, 0.3) is 0 Å². The zero-order valence-corrected chi connectivity index (χ0v) is 16.5. The number of oxazole rings is 1. The topological polar surface area (TPSA) is 102 Å². The van der Waals surface area contributed by atoms with Crippen LogP contribution < -0.4 is 0 Å². The predicted molar refractivity (Wildman–Crippen MR) is 96.9 cm³/mol. The van der Waals surface area contributed by atoms with Gasteiger partial charge in [-0.25, -0.2) is 17.8 Å². The standard InChI is InChI=1S/C18H20FN3O6S/c1-13-16(26-12-20-13)17(23)21-6-8-27-18(10-21)11-22(7-9-28-18)29(24,25)15-5-3-2-4-14(15)19/h2-5,12H,6-11H2,1H3. The largest absolute Gasteiger partial charge is 0.438 e. The van der Waals surface area contributed by atoms with Crippen molar-refractivity contribution in [1.29, 1.82) is 0 Å². The molecule has 0 radical (unpaired) electrons. The summed E-state index contributed by atoms with van der Waals surface area (Å²) >= 11 is 0. The van der Waals surface area contributed by atoms with E-state index in [1.807, 2.05) is 0 Å². The monoisotopic (exact) mass is 425 g/mol. The summed E-state index contributed by atoms with van der Waals surface area (Å²) < 4.78 is 57.8. The van der Waals surface area contributed by atoms with Crippen LogP contribution in [-0.2, 0) is 19.5 Å². The molecule has 11 heteroatoms. The molecule has 1 unspecified atom stereocenters. The highest BCUT2D eigenvalue weighted by atomic mass is 32.2. The van der Waals surface area contributed by atoms with E-state index in [4.69, 9.17) is 13.9 Å². The Morgan fingerprint density at radius 3 is 2.59 bits per heavy atom. The predicted octanol–water partition coefficient (Wildman–Crippen LogP) is 1.01. The summed E-state index contributed by atoms with van der Waals surface area (Å²) in [4.78, 5) is 17.8. The van der Waals surface area contributed by atoms with Crippen LogP contribution in [0.5, 0.6) is 0 Å². The summed E-state index contributed by atoms with van der Waals surface area (Å²) in [6, 6.07) is 5.20. The number of aromatic nitrogens is 1. The van der Waals surface area contributed by atoms with E-state index in [1.54, 1.807) is 6.92 Å². The molecule has 2 aliphatic rings. The highest BCUT2D eigenvalue weighted by Gasteiger charge is 2.47. The number of aryl methyl sites for hydroxylation is 1. The molecule has 29 heavy (non-hydrogen) atoms. The lowest BCUT2D eigenvalue weighted by molar-refractivity contribution is -0.279. The fraction of sp³-hybridized carbons (Fsp3) is 0.444. The van der Waals surface area contributed by atoms with Gasteiger partial charge in [0.2, 0.25) is 15.8 Å². The van der Waals surface area contributed by atoms with E-state index in [-0.39, 0.29) is 44.5 Å². The van der Waals surface area contributed by atoms with Gasteiger partial charge in [-0.15, -0.1) is 0 Å². The molecule has 2 aliphatic heterocycles. The Kier molecular flexibility index (Phi) is 5.15. The van der Waals surface area contributed by atoms with Crippen LogP contribution in [0.3, 0.4) is 0 Å². The van der Waals surface area contributed by atoms with E-state index in [0.29, 0.717) is 12.2 Å². The van der Waals surface area contributed by atoms with Crippen LogP contribution in [0, 0.1) is 12.7 Å². The van der Waals surface area contributed by atoms with Gasteiger partial charge in [0.15, 0.2) is 12.2 Å². The molecule has 1 amide bonds. The summed E-state index contributed by atoms with van der Waals surface area (Å²) in [6.45, 7) is 2.06. The van der Waals surface area contributed by atoms with Crippen molar-refractivity contribution in [2.75, 3.05) is 39.4 Å². The Bertz CT molecular complexity index is 1020. The molecule has 156 valence electrons. The number of sulfonamides is 1. The lowest BCUT2D eigenvalue weighted by Gasteiger charge is -2.46. The molecule has 1 atom stereocenters. The van der Waals surface area contributed by atoms with Crippen molar-refractivity contribution in [2.24, 2.45) is 0 Å². The van der Waals surface area contributed by atoms with Gasteiger partial charge in [-0.05, 0) is 19.1 Å². The number of hydrogen-bond donors (Lipinski definition) is 0. The molecule has 1 spiro atoms. The summed E-state index contributed by atoms with van der Waals surface area (Å²) in [5.74, 6) is -2.41. The maximum atomic E-state index is 14.1. The highest BCUT2D eigenvalue weighted by molar-refractivity contribution is 7.89. The van der Waals surface area contributed by atoms with Gasteiger partial charge in [0.1, 0.15) is 10.7 Å². The second-order valence-corrected chi connectivity index (χ2v) is 8.78. The average molecular weight is 425 g/mol. The molecule has 2 fully saturated rings. The lowest BCUT2D eigenvalue weighted by Crippen LogP contribution is -2.63. The Labute approximate surface area is 167 Å². The molecule has 4 rings (SSSR count). The third kappa shape index (κ3) is 3.66. The number of amides is 1. The van der Waals surface area contributed by atoms with Gasteiger partial charge in [0.05, 0.1) is 32.0 Å². The highest BCUT2D eigenvalue weighted by Crippen LogP contribution is 2.29. The number of carbonyl (C=O) groups is 1. The molecule has 0 N–H and O–H groups in total. The first-order valence-corrected chi connectivity index (χ1v) is 10.5. The van der Waals surface area contributed by atoms with E-state index in [9.17, 15) is 17.6 Å². The summed E-state index contributed by atoms with van der Waals surface area (Å²) in [6.07, 6.45) is 1.19. The van der Waals surface area contributed by atoms with Crippen molar-refractivity contribution < 1.29 is 31.5 Å². The quantitative estimate of drug-likeness (QED) is 0.723. The van der Waals surface area contributed by atoms with E-state index in [2.05, 4.69) is 4.98 Å². The minimum absolute atomic E-state index is 0.00919. The van der Waals surface area contributed by atoms with Crippen LogP contribution in [0.15, 0.2) is 40.0 Å². The average Bonchev–Trinajstić information content (AvgIpc) is 3.13. The molecule has 1 aromatic heterocycles. The fourth-order valence-corrected chi connectivity index (χ4v) is 5.01. The Morgan fingerprint density at radius 2 is 1.90 bits per heavy atom. The van der Waals surface area contributed by atoms with Crippen LogP contribution in [0.4, 0.5) is 4.39 Å². The van der Waals surface area contributed by atoms with Crippen molar-refractivity contribution in [3.63, 3.8) is 0 Å². The molecule has 2 saturated heterocycles. The first-order valence-electron chi connectivity index (χ1n) is 9.04.